The number of carbonyl (C=O) groups is 1. The number of fused-ring (bicyclic) bond motifs is 1. The van der Waals surface area contributed by atoms with Gasteiger partial charge in [0.2, 0.25) is 0 Å². The molecule has 32 heavy (non-hydrogen) atoms. The molecule has 0 bridgehead atoms. The van der Waals surface area contributed by atoms with Crippen molar-refractivity contribution in [3.63, 3.8) is 0 Å². The summed E-state index contributed by atoms with van der Waals surface area (Å²) in [6, 6.07) is 22.6. The van der Waals surface area contributed by atoms with Crippen molar-refractivity contribution >= 4 is 22.6 Å². The first kappa shape index (κ1) is 20.3. The zero-order valence-electron chi connectivity index (χ0n) is 18.7. The Bertz CT molecular complexity index is 1240. The van der Waals surface area contributed by atoms with Crippen LogP contribution in [0.15, 0.2) is 72.9 Å². The quantitative estimate of drug-likeness (QED) is 0.478. The molecule has 3 heterocycles. The van der Waals surface area contributed by atoms with Crippen LogP contribution in [-0.4, -0.2) is 46.5 Å². The minimum atomic E-state index is 0.112. The minimum absolute atomic E-state index is 0.112. The molecule has 0 unspecified atom stereocenters. The molecule has 0 aliphatic carbocycles. The van der Waals surface area contributed by atoms with Gasteiger partial charge in [-0.1, -0.05) is 36.4 Å². The van der Waals surface area contributed by atoms with Crippen molar-refractivity contribution in [3.05, 3.63) is 95.3 Å². The Balaban J connectivity index is 1.36. The molecule has 1 amide bonds. The Morgan fingerprint density at radius 2 is 1.66 bits per heavy atom. The number of nitrogens with zero attached hydrogens (tertiary/aromatic N) is 4. The van der Waals surface area contributed by atoms with Crippen LogP contribution >= 0.6 is 0 Å². The predicted octanol–water partition coefficient (Wildman–Crippen LogP) is 4.66. The molecule has 162 valence electrons. The van der Waals surface area contributed by atoms with Gasteiger partial charge in [0.15, 0.2) is 0 Å². The lowest BCUT2D eigenvalue weighted by Crippen LogP contribution is -2.49. The van der Waals surface area contributed by atoms with E-state index in [1.165, 1.54) is 22.3 Å². The Hall–Kier alpha value is -3.60. The summed E-state index contributed by atoms with van der Waals surface area (Å²) in [6.07, 6.45) is 1.82. The summed E-state index contributed by atoms with van der Waals surface area (Å²) < 4.78 is 2.35. The van der Waals surface area contributed by atoms with Crippen LogP contribution in [0.4, 0.5) is 5.82 Å². The molecule has 2 aromatic carbocycles. The fourth-order valence-corrected chi connectivity index (χ4v) is 4.61. The van der Waals surface area contributed by atoms with Crippen molar-refractivity contribution in [2.45, 2.75) is 20.4 Å². The molecule has 5 nitrogen and oxygen atoms in total. The molecule has 1 aliphatic rings. The minimum Gasteiger partial charge on any atom is -0.353 e. The molecule has 5 rings (SSSR count). The van der Waals surface area contributed by atoms with Crippen LogP contribution < -0.4 is 4.90 Å². The maximum absolute atomic E-state index is 13.3. The summed E-state index contributed by atoms with van der Waals surface area (Å²) in [5, 5.41) is 1.16. The van der Waals surface area contributed by atoms with Crippen LogP contribution in [-0.2, 0) is 6.54 Å². The maximum Gasteiger partial charge on any atom is 0.253 e. The van der Waals surface area contributed by atoms with Gasteiger partial charge in [-0.2, -0.15) is 0 Å². The number of aromatic nitrogens is 2. The second-order valence-electron chi connectivity index (χ2n) is 8.48. The second-order valence-corrected chi connectivity index (χ2v) is 8.48. The average Bonchev–Trinajstić information content (AvgIpc) is 3.09. The highest BCUT2D eigenvalue weighted by Gasteiger charge is 2.23. The van der Waals surface area contributed by atoms with Crippen molar-refractivity contribution < 1.29 is 4.79 Å². The predicted molar refractivity (Wildman–Crippen MR) is 129 cm³/mol. The highest BCUT2D eigenvalue weighted by atomic mass is 16.2. The molecule has 2 aromatic heterocycles. The van der Waals surface area contributed by atoms with Crippen molar-refractivity contribution in [1.82, 2.24) is 14.5 Å². The van der Waals surface area contributed by atoms with Crippen molar-refractivity contribution in [2.24, 2.45) is 0 Å². The monoisotopic (exact) mass is 424 g/mol. The molecule has 1 fully saturated rings. The van der Waals surface area contributed by atoms with Gasteiger partial charge in [-0.25, -0.2) is 4.98 Å². The first-order valence-electron chi connectivity index (χ1n) is 11.2. The summed E-state index contributed by atoms with van der Waals surface area (Å²) in [5.74, 6) is 1.09. The number of anilines is 1. The molecule has 0 spiro atoms. The van der Waals surface area contributed by atoms with Gasteiger partial charge in [0.05, 0.1) is 0 Å². The highest BCUT2D eigenvalue weighted by molar-refractivity contribution is 5.99. The van der Waals surface area contributed by atoms with E-state index in [-0.39, 0.29) is 5.91 Å². The van der Waals surface area contributed by atoms with Gasteiger partial charge >= 0.3 is 0 Å². The number of piperazine rings is 1. The van der Waals surface area contributed by atoms with Crippen LogP contribution in [0, 0.1) is 13.8 Å². The SMILES string of the molecule is Cc1c(C)n(Cc2ccccc2)c2ccc(C(=O)N3CCN(c4ccccn4)CC3)cc12. The number of amides is 1. The van der Waals surface area contributed by atoms with Gasteiger partial charge in [0.25, 0.3) is 5.91 Å². The Morgan fingerprint density at radius 3 is 2.38 bits per heavy atom. The normalized spacial score (nSPS) is 14.2. The summed E-state index contributed by atoms with van der Waals surface area (Å²) in [6.45, 7) is 8.17. The van der Waals surface area contributed by atoms with Crippen molar-refractivity contribution in [2.75, 3.05) is 31.1 Å². The van der Waals surface area contributed by atoms with Crippen LogP contribution in [0.25, 0.3) is 10.9 Å². The van der Waals surface area contributed by atoms with Crippen LogP contribution in [0.5, 0.6) is 0 Å². The van der Waals surface area contributed by atoms with Crippen LogP contribution in [0.1, 0.15) is 27.2 Å². The van der Waals surface area contributed by atoms with Crippen LogP contribution in [0.3, 0.4) is 0 Å². The molecule has 1 aliphatic heterocycles. The van der Waals surface area contributed by atoms with Gasteiger partial charge in [-0.3, -0.25) is 4.79 Å². The number of hydrogen-bond donors (Lipinski definition) is 0. The first-order chi connectivity index (χ1) is 15.6. The smallest absolute Gasteiger partial charge is 0.253 e. The largest absolute Gasteiger partial charge is 0.353 e. The molecular formula is C27H28N4O. The van der Waals surface area contributed by atoms with Gasteiger partial charge in [-0.15, -0.1) is 0 Å². The lowest BCUT2D eigenvalue weighted by molar-refractivity contribution is 0.0746. The van der Waals surface area contributed by atoms with E-state index in [4.69, 9.17) is 0 Å². The molecule has 4 aromatic rings. The fourth-order valence-electron chi connectivity index (χ4n) is 4.61. The third kappa shape index (κ3) is 3.75. The molecule has 0 radical (unpaired) electrons. The maximum atomic E-state index is 13.3. The van der Waals surface area contributed by atoms with E-state index in [1.807, 2.05) is 41.4 Å². The van der Waals surface area contributed by atoms with E-state index >= 15 is 0 Å². The van der Waals surface area contributed by atoms with Gasteiger partial charge < -0.3 is 14.4 Å². The Kier molecular flexibility index (Phi) is 5.39. The standard InChI is InChI=1S/C27H28N4O/c1-20-21(2)31(19-22-8-4-3-5-9-22)25-12-11-23(18-24(20)25)27(32)30-16-14-29(15-17-30)26-10-6-7-13-28-26/h3-13,18H,14-17,19H2,1-2H3. The molecule has 0 saturated carbocycles. The lowest BCUT2D eigenvalue weighted by Gasteiger charge is -2.35. The average molecular weight is 425 g/mol. The van der Waals surface area contributed by atoms with Gasteiger partial charge in [0, 0.05) is 61.1 Å². The third-order valence-corrected chi connectivity index (χ3v) is 6.61. The number of carbonyl (C=O) groups excluding carboxylic acids is 1. The third-order valence-electron chi connectivity index (χ3n) is 6.61. The molecule has 5 heteroatoms. The van der Waals surface area contributed by atoms with Crippen molar-refractivity contribution in [1.29, 1.82) is 0 Å². The van der Waals surface area contributed by atoms with Crippen LogP contribution in [0.2, 0.25) is 0 Å². The fraction of sp³-hybridized carbons (Fsp3) is 0.259. The second kappa shape index (κ2) is 8.50. The molecule has 0 N–H and O–H groups in total. The molecular weight excluding hydrogens is 396 g/mol. The highest BCUT2D eigenvalue weighted by Crippen LogP contribution is 2.28. The Labute approximate surface area is 188 Å². The van der Waals surface area contributed by atoms with Gasteiger partial charge in [-0.05, 0) is 55.3 Å². The number of pyridine rings is 1. The summed E-state index contributed by atoms with van der Waals surface area (Å²) in [4.78, 5) is 21.9. The number of aryl methyl sites for hydroxylation is 1. The van der Waals surface area contributed by atoms with E-state index < -0.39 is 0 Å². The van der Waals surface area contributed by atoms with E-state index in [2.05, 4.69) is 64.7 Å². The van der Waals surface area contributed by atoms with E-state index in [0.717, 1.165) is 36.4 Å². The zero-order valence-corrected chi connectivity index (χ0v) is 18.7. The first-order valence-corrected chi connectivity index (χ1v) is 11.2. The summed E-state index contributed by atoms with van der Waals surface area (Å²) >= 11 is 0. The number of hydrogen-bond acceptors (Lipinski definition) is 3. The van der Waals surface area contributed by atoms with E-state index in [0.29, 0.717) is 13.1 Å². The van der Waals surface area contributed by atoms with E-state index in [9.17, 15) is 4.79 Å². The Morgan fingerprint density at radius 1 is 0.906 bits per heavy atom. The number of rotatable bonds is 4. The summed E-state index contributed by atoms with van der Waals surface area (Å²) in [7, 11) is 0. The summed E-state index contributed by atoms with van der Waals surface area (Å²) in [5.41, 5.74) is 5.71. The zero-order chi connectivity index (χ0) is 22.1. The molecule has 1 saturated heterocycles. The van der Waals surface area contributed by atoms with E-state index in [1.54, 1.807) is 0 Å². The number of benzene rings is 2. The van der Waals surface area contributed by atoms with Crippen molar-refractivity contribution in [3.8, 4) is 0 Å². The lowest BCUT2D eigenvalue weighted by atomic mass is 10.1. The topological polar surface area (TPSA) is 41.4 Å². The van der Waals surface area contributed by atoms with Gasteiger partial charge in [0.1, 0.15) is 5.82 Å². The molecule has 0 atom stereocenters.